The van der Waals surface area contributed by atoms with Crippen molar-refractivity contribution in [1.29, 1.82) is 0 Å². The lowest BCUT2D eigenvalue weighted by Gasteiger charge is -2.41. The van der Waals surface area contributed by atoms with Crippen LogP contribution in [0.15, 0.2) is 0 Å². The van der Waals surface area contributed by atoms with E-state index in [1.807, 2.05) is 0 Å². The lowest BCUT2D eigenvalue weighted by Crippen LogP contribution is -2.42. The number of nitrogens with zero attached hydrogens (tertiary/aromatic N) is 1. The molecule has 1 saturated carbocycles. The monoisotopic (exact) mass is 225 g/mol. The highest BCUT2D eigenvalue weighted by Crippen LogP contribution is 2.35. The first-order chi connectivity index (χ1) is 7.90. The first-order valence-electron chi connectivity index (χ1n) is 7.23. The summed E-state index contributed by atoms with van der Waals surface area (Å²) in [4.78, 5) is 2.67. The molecule has 94 valence electrons. The van der Waals surface area contributed by atoms with Gasteiger partial charge < -0.3 is 10.0 Å². The van der Waals surface area contributed by atoms with E-state index < -0.39 is 0 Å². The molecule has 0 aromatic rings. The molecular weight excluding hydrogens is 198 g/mol. The van der Waals surface area contributed by atoms with Crippen molar-refractivity contribution in [2.45, 2.75) is 51.4 Å². The molecule has 2 atom stereocenters. The van der Waals surface area contributed by atoms with Crippen molar-refractivity contribution >= 4 is 0 Å². The first kappa shape index (κ1) is 12.4. The Bertz CT molecular complexity index is 195. The van der Waals surface area contributed by atoms with Gasteiger partial charge in [0, 0.05) is 13.2 Å². The molecule has 2 heteroatoms. The Morgan fingerprint density at radius 2 is 1.75 bits per heavy atom. The van der Waals surface area contributed by atoms with Crippen LogP contribution in [0.25, 0.3) is 0 Å². The third-order valence-electron chi connectivity index (χ3n) is 4.51. The van der Waals surface area contributed by atoms with Gasteiger partial charge in [-0.25, -0.2) is 0 Å². The zero-order chi connectivity index (χ0) is 11.2. The highest BCUT2D eigenvalue weighted by atomic mass is 16.2. The van der Waals surface area contributed by atoms with Gasteiger partial charge >= 0.3 is 0 Å². The molecule has 2 unspecified atom stereocenters. The van der Waals surface area contributed by atoms with Crippen molar-refractivity contribution < 1.29 is 5.11 Å². The predicted octanol–water partition coefficient (Wildman–Crippen LogP) is 2.66. The number of likely N-dealkylation sites (tertiary alicyclic amines) is 1. The van der Waals surface area contributed by atoms with Crippen molar-refractivity contribution in [2.75, 3.05) is 26.2 Å². The maximum atomic E-state index is 8.74. The highest BCUT2D eigenvalue weighted by Gasteiger charge is 2.30. The Morgan fingerprint density at radius 1 is 0.938 bits per heavy atom. The van der Waals surface area contributed by atoms with Gasteiger partial charge in [0.1, 0.15) is 0 Å². The van der Waals surface area contributed by atoms with Gasteiger partial charge in [0.25, 0.3) is 0 Å². The molecule has 1 heterocycles. The molecule has 2 aliphatic rings. The SMILES string of the molecule is OCCCCCN1CCC2CCCCC2C1. The van der Waals surface area contributed by atoms with Gasteiger partial charge in [0.05, 0.1) is 0 Å². The predicted molar refractivity (Wildman–Crippen MR) is 67.4 cm³/mol. The summed E-state index contributed by atoms with van der Waals surface area (Å²) in [6.45, 7) is 4.33. The Labute approximate surface area is 100 Å². The lowest BCUT2D eigenvalue weighted by atomic mass is 9.75. The fourth-order valence-electron chi connectivity index (χ4n) is 3.50. The number of piperidine rings is 1. The maximum absolute atomic E-state index is 8.74. The second-order valence-corrected chi connectivity index (χ2v) is 5.68. The number of unbranched alkanes of at least 4 members (excludes halogenated alkanes) is 2. The molecule has 2 rings (SSSR count). The summed E-state index contributed by atoms with van der Waals surface area (Å²) < 4.78 is 0. The molecule has 1 saturated heterocycles. The molecule has 0 bridgehead atoms. The van der Waals surface area contributed by atoms with Crippen LogP contribution in [0.5, 0.6) is 0 Å². The van der Waals surface area contributed by atoms with Crippen molar-refractivity contribution in [1.82, 2.24) is 4.90 Å². The third kappa shape index (κ3) is 3.46. The molecule has 1 N–H and O–H groups in total. The topological polar surface area (TPSA) is 23.5 Å². The summed E-state index contributed by atoms with van der Waals surface area (Å²) in [6.07, 6.45) is 10.8. The molecule has 1 aliphatic heterocycles. The summed E-state index contributed by atoms with van der Waals surface area (Å²) >= 11 is 0. The minimum absolute atomic E-state index is 0.366. The smallest absolute Gasteiger partial charge is 0.0431 e. The van der Waals surface area contributed by atoms with E-state index in [4.69, 9.17) is 5.11 Å². The van der Waals surface area contributed by atoms with Crippen LogP contribution in [0.3, 0.4) is 0 Å². The summed E-state index contributed by atoms with van der Waals surface area (Å²) in [5, 5.41) is 8.74. The Balaban J connectivity index is 1.65. The van der Waals surface area contributed by atoms with Crippen molar-refractivity contribution in [2.24, 2.45) is 11.8 Å². The maximum Gasteiger partial charge on any atom is 0.0431 e. The van der Waals surface area contributed by atoms with E-state index in [0.717, 1.165) is 18.3 Å². The number of hydrogen-bond donors (Lipinski definition) is 1. The Hall–Kier alpha value is -0.0800. The van der Waals surface area contributed by atoms with Crippen LogP contribution in [0, 0.1) is 11.8 Å². The van der Waals surface area contributed by atoms with Crippen LogP contribution in [0.2, 0.25) is 0 Å². The Kier molecular flexibility index (Phi) is 5.11. The van der Waals surface area contributed by atoms with Crippen LogP contribution in [-0.4, -0.2) is 36.2 Å². The molecule has 0 spiro atoms. The number of aliphatic hydroxyl groups is 1. The number of hydrogen-bond acceptors (Lipinski definition) is 2. The summed E-state index contributed by atoms with van der Waals surface area (Å²) in [5.41, 5.74) is 0. The van der Waals surface area contributed by atoms with Gasteiger partial charge in [-0.15, -0.1) is 0 Å². The van der Waals surface area contributed by atoms with Gasteiger partial charge in [-0.3, -0.25) is 0 Å². The van der Waals surface area contributed by atoms with E-state index in [0.29, 0.717) is 6.61 Å². The normalized spacial score (nSPS) is 31.3. The number of aliphatic hydroxyl groups excluding tert-OH is 1. The van der Waals surface area contributed by atoms with Crippen LogP contribution < -0.4 is 0 Å². The molecule has 2 nitrogen and oxygen atoms in total. The molecule has 0 aromatic carbocycles. The molecule has 1 aliphatic carbocycles. The molecule has 0 radical (unpaired) electrons. The van der Waals surface area contributed by atoms with E-state index >= 15 is 0 Å². The van der Waals surface area contributed by atoms with Crippen molar-refractivity contribution in [3.8, 4) is 0 Å². The summed E-state index contributed by atoms with van der Waals surface area (Å²) in [5.74, 6) is 2.07. The molecule has 0 amide bonds. The van der Waals surface area contributed by atoms with Gasteiger partial charge in [-0.2, -0.15) is 0 Å². The quantitative estimate of drug-likeness (QED) is 0.727. The molecular formula is C14H27NO. The Morgan fingerprint density at radius 3 is 2.56 bits per heavy atom. The van der Waals surface area contributed by atoms with Gasteiger partial charge in [-0.05, 0) is 57.0 Å². The second-order valence-electron chi connectivity index (χ2n) is 5.68. The van der Waals surface area contributed by atoms with Crippen molar-refractivity contribution in [3.05, 3.63) is 0 Å². The van der Waals surface area contributed by atoms with E-state index in [-0.39, 0.29) is 0 Å². The van der Waals surface area contributed by atoms with E-state index in [1.165, 1.54) is 64.6 Å². The van der Waals surface area contributed by atoms with E-state index in [2.05, 4.69) is 4.90 Å². The van der Waals surface area contributed by atoms with Crippen LogP contribution >= 0.6 is 0 Å². The average Bonchev–Trinajstić information content (AvgIpc) is 2.34. The highest BCUT2D eigenvalue weighted by molar-refractivity contribution is 4.83. The number of fused-ring (bicyclic) bond motifs is 1. The number of rotatable bonds is 5. The van der Waals surface area contributed by atoms with Crippen LogP contribution in [0.4, 0.5) is 0 Å². The first-order valence-corrected chi connectivity index (χ1v) is 7.23. The second kappa shape index (κ2) is 6.61. The lowest BCUT2D eigenvalue weighted by molar-refractivity contribution is 0.0853. The van der Waals surface area contributed by atoms with Crippen molar-refractivity contribution in [3.63, 3.8) is 0 Å². The van der Waals surface area contributed by atoms with Gasteiger partial charge in [0.15, 0.2) is 0 Å². The van der Waals surface area contributed by atoms with Crippen LogP contribution in [-0.2, 0) is 0 Å². The standard InChI is InChI=1S/C14H27NO/c16-11-5-1-4-9-15-10-8-13-6-2-3-7-14(13)12-15/h13-14,16H,1-12H2. The third-order valence-corrected chi connectivity index (χ3v) is 4.51. The van der Waals surface area contributed by atoms with E-state index in [9.17, 15) is 0 Å². The summed E-state index contributed by atoms with van der Waals surface area (Å²) in [6, 6.07) is 0. The molecule has 2 fully saturated rings. The zero-order valence-corrected chi connectivity index (χ0v) is 10.5. The van der Waals surface area contributed by atoms with Crippen LogP contribution in [0.1, 0.15) is 51.4 Å². The molecule has 16 heavy (non-hydrogen) atoms. The van der Waals surface area contributed by atoms with Gasteiger partial charge in [-0.1, -0.05) is 19.3 Å². The minimum atomic E-state index is 0.366. The minimum Gasteiger partial charge on any atom is -0.396 e. The fraction of sp³-hybridized carbons (Fsp3) is 1.00. The fourth-order valence-corrected chi connectivity index (χ4v) is 3.50. The molecule has 0 aromatic heterocycles. The zero-order valence-electron chi connectivity index (χ0n) is 10.5. The largest absolute Gasteiger partial charge is 0.396 e. The average molecular weight is 225 g/mol. The van der Waals surface area contributed by atoms with E-state index in [1.54, 1.807) is 0 Å². The van der Waals surface area contributed by atoms with Gasteiger partial charge in [0.2, 0.25) is 0 Å². The summed E-state index contributed by atoms with van der Waals surface area (Å²) in [7, 11) is 0.